The van der Waals surface area contributed by atoms with Crippen molar-refractivity contribution in [1.29, 1.82) is 0 Å². The number of methoxy groups -OCH3 is 1. The molecular formula is C12H13N3O3. The Morgan fingerprint density at radius 2 is 2.33 bits per heavy atom. The molecule has 0 saturated heterocycles. The number of carbonyl (C=O) groups excluding carboxylic acids is 1. The zero-order valence-electron chi connectivity index (χ0n) is 10.2. The largest absolute Gasteiger partial charge is 0.377 e. The molecule has 0 amide bonds. The molecule has 94 valence electrons. The summed E-state index contributed by atoms with van der Waals surface area (Å²) in [7, 11) is 1.47. The van der Waals surface area contributed by atoms with Crippen molar-refractivity contribution in [2.75, 3.05) is 13.7 Å². The van der Waals surface area contributed by atoms with Crippen LogP contribution in [0.5, 0.6) is 0 Å². The van der Waals surface area contributed by atoms with Gasteiger partial charge in [0.2, 0.25) is 11.7 Å². The van der Waals surface area contributed by atoms with Gasteiger partial charge in [0.15, 0.2) is 5.78 Å². The smallest absolute Gasteiger partial charge is 0.234 e. The summed E-state index contributed by atoms with van der Waals surface area (Å²) in [6.07, 6.45) is 1.75. The van der Waals surface area contributed by atoms with Gasteiger partial charge in [0.1, 0.15) is 12.3 Å². The lowest BCUT2D eigenvalue weighted by atomic mass is 10.2. The predicted octanol–water partition coefficient (Wildman–Crippen LogP) is 1.20. The van der Waals surface area contributed by atoms with Crippen molar-refractivity contribution in [3.05, 3.63) is 29.8 Å². The first kappa shape index (κ1) is 12.4. The molecular weight excluding hydrogens is 234 g/mol. The number of carbonyl (C=O) groups is 1. The molecule has 2 aromatic rings. The number of ether oxygens (including phenoxy) is 1. The first-order valence-corrected chi connectivity index (χ1v) is 5.45. The SMILES string of the molecule is COCC(=O)Cc1nc(-c2cc(C)ccn2)no1. The summed E-state index contributed by atoms with van der Waals surface area (Å²) in [6.45, 7) is 1.99. The highest BCUT2D eigenvalue weighted by Crippen LogP contribution is 2.14. The molecule has 2 aromatic heterocycles. The molecule has 18 heavy (non-hydrogen) atoms. The summed E-state index contributed by atoms with van der Waals surface area (Å²) in [5.41, 5.74) is 1.69. The van der Waals surface area contributed by atoms with E-state index in [1.807, 2.05) is 19.1 Å². The highest BCUT2D eigenvalue weighted by atomic mass is 16.5. The van der Waals surface area contributed by atoms with Crippen molar-refractivity contribution in [2.24, 2.45) is 0 Å². The van der Waals surface area contributed by atoms with Crippen LogP contribution in [-0.2, 0) is 16.0 Å². The average molecular weight is 247 g/mol. The summed E-state index contributed by atoms with van der Waals surface area (Å²) in [4.78, 5) is 19.6. The lowest BCUT2D eigenvalue weighted by Crippen LogP contribution is -2.09. The van der Waals surface area contributed by atoms with E-state index >= 15 is 0 Å². The van der Waals surface area contributed by atoms with Crippen LogP contribution < -0.4 is 0 Å². The number of aryl methyl sites for hydroxylation is 1. The van der Waals surface area contributed by atoms with E-state index < -0.39 is 0 Å². The van der Waals surface area contributed by atoms with Gasteiger partial charge in [-0.2, -0.15) is 4.98 Å². The minimum absolute atomic E-state index is 0.0421. The standard InChI is InChI=1S/C12H13N3O3/c1-8-3-4-13-10(5-8)12-14-11(18-15-12)6-9(16)7-17-2/h3-5H,6-7H2,1-2H3. The van der Waals surface area contributed by atoms with Gasteiger partial charge in [-0.3, -0.25) is 9.78 Å². The Morgan fingerprint density at radius 3 is 3.06 bits per heavy atom. The van der Waals surface area contributed by atoms with Gasteiger partial charge in [-0.15, -0.1) is 0 Å². The van der Waals surface area contributed by atoms with Crippen LogP contribution >= 0.6 is 0 Å². The average Bonchev–Trinajstić information content (AvgIpc) is 2.78. The van der Waals surface area contributed by atoms with Crippen LogP contribution in [-0.4, -0.2) is 34.6 Å². The van der Waals surface area contributed by atoms with Crippen LogP contribution in [0.25, 0.3) is 11.5 Å². The summed E-state index contributed by atoms with van der Waals surface area (Å²) in [6, 6.07) is 3.73. The summed E-state index contributed by atoms with van der Waals surface area (Å²) in [5.74, 6) is 0.555. The first-order valence-electron chi connectivity index (χ1n) is 5.45. The van der Waals surface area contributed by atoms with E-state index in [9.17, 15) is 4.79 Å². The predicted molar refractivity (Wildman–Crippen MR) is 62.9 cm³/mol. The Kier molecular flexibility index (Phi) is 3.78. The molecule has 2 rings (SSSR count). The second-order valence-electron chi connectivity index (χ2n) is 3.88. The maximum Gasteiger partial charge on any atom is 0.234 e. The molecule has 0 bridgehead atoms. The highest BCUT2D eigenvalue weighted by Gasteiger charge is 2.13. The van der Waals surface area contributed by atoms with Crippen molar-refractivity contribution in [1.82, 2.24) is 15.1 Å². The lowest BCUT2D eigenvalue weighted by molar-refractivity contribution is -0.122. The van der Waals surface area contributed by atoms with E-state index in [0.29, 0.717) is 11.5 Å². The number of hydrogen-bond acceptors (Lipinski definition) is 6. The van der Waals surface area contributed by atoms with Crippen molar-refractivity contribution >= 4 is 5.78 Å². The van der Waals surface area contributed by atoms with Crippen LogP contribution in [0, 0.1) is 6.92 Å². The molecule has 6 nitrogen and oxygen atoms in total. The monoisotopic (exact) mass is 247 g/mol. The maximum atomic E-state index is 11.3. The Balaban J connectivity index is 2.13. The Morgan fingerprint density at radius 1 is 1.50 bits per heavy atom. The van der Waals surface area contributed by atoms with Crippen molar-refractivity contribution in [3.8, 4) is 11.5 Å². The molecule has 2 heterocycles. The van der Waals surface area contributed by atoms with E-state index in [0.717, 1.165) is 5.56 Å². The lowest BCUT2D eigenvalue weighted by Gasteiger charge is -1.94. The Bertz CT molecular complexity index is 551. The molecule has 0 aliphatic carbocycles. The number of aromatic nitrogens is 3. The van der Waals surface area contributed by atoms with E-state index in [4.69, 9.17) is 9.26 Å². The zero-order chi connectivity index (χ0) is 13.0. The molecule has 0 saturated carbocycles. The second kappa shape index (κ2) is 5.50. The van der Waals surface area contributed by atoms with Gasteiger partial charge in [0, 0.05) is 13.3 Å². The van der Waals surface area contributed by atoms with Gasteiger partial charge < -0.3 is 9.26 Å². The fraction of sp³-hybridized carbons (Fsp3) is 0.333. The molecule has 0 spiro atoms. The first-order chi connectivity index (χ1) is 8.69. The van der Waals surface area contributed by atoms with Gasteiger partial charge in [-0.1, -0.05) is 5.16 Å². The molecule has 0 atom stereocenters. The van der Waals surface area contributed by atoms with E-state index in [1.165, 1.54) is 7.11 Å². The van der Waals surface area contributed by atoms with Gasteiger partial charge in [0.25, 0.3) is 0 Å². The molecule has 0 fully saturated rings. The molecule has 0 aliphatic heterocycles. The van der Waals surface area contributed by atoms with Crippen LogP contribution in [0.2, 0.25) is 0 Å². The van der Waals surface area contributed by atoms with Crippen LogP contribution in [0.4, 0.5) is 0 Å². The number of ketones is 1. The molecule has 0 aliphatic rings. The van der Waals surface area contributed by atoms with Gasteiger partial charge in [-0.05, 0) is 24.6 Å². The van der Waals surface area contributed by atoms with Gasteiger partial charge in [0.05, 0.1) is 6.42 Å². The van der Waals surface area contributed by atoms with Gasteiger partial charge in [-0.25, -0.2) is 0 Å². The summed E-state index contributed by atoms with van der Waals surface area (Å²) >= 11 is 0. The second-order valence-corrected chi connectivity index (χ2v) is 3.88. The van der Waals surface area contributed by atoms with Crippen LogP contribution in [0.15, 0.2) is 22.9 Å². The van der Waals surface area contributed by atoms with E-state index in [-0.39, 0.29) is 24.7 Å². The van der Waals surface area contributed by atoms with Crippen molar-refractivity contribution in [3.63, 3.8) is 0 Å². The fourth-order valence-corrected chi connectivity index (χ4v) is 1.47. The number of Topliss-reactive ketones (excluding diaryl/α,β-unsaturated/α-hetero) is 1. The number of rotatable bonds is 5. The molecule has 0 aromatic carbocycles. The third-order valence-corrected chi connectivity index (χ3v) is 2.27. The minimum Gasteiger partial charge on any atom is -0.377 e. The number of nitrogens with zero attached hydrogens (tertiary/aromatic N) is 3. The molecule has 0 N–H and O–H groups in total. The minimum atomic E-state index is -0.107. The van der Waals surface area contributed by atoms with Crippen LogP contribution in [0.3, 0.4) is 0 Å². The summed E-state index contributed by atoms with van der Waals surface area (Å²) in [5, 5.41) is 3.80. The van der Waals surface area contributed by atoms with Gasteiger partial charge >= 0.3 is 0 Å². The normalized spacial score (nSPS) is 10.6. The maximum absolute atomic E-state index is 11.3. The zero-order valence-corrected chi connectivity index (χ0v) is 10.2. The van der Waals surface area contributed by atoms with E-state index in [2.05, 4.69) is 15.1 Å². The van der Waals surface area contributed by atoms with Crippen molar-refractivity contribution < 1.29 is 14.1 Å². The van der Waals surface area contributed by atoms with Crippen LogP contribution in [0.1, 0.15) is 11.5 Å². The summed E-state index contributed by atoms with van der Waals surface area (Å²) < 4.78 is 9.73. The third-order valence-electron chi connectivity index (χ3n) is 2.27. The number of pyridine rings is 1. The quantitative estimate of drug-likeness (QED) is 0.790. The Labute approximate surface area is 104 Å². The highest BCUT2D eigenvalue weighted by molar-refractivity contribution is 5.81. The van der Waals surface area contributed by atoms with E-state index in [1.54, 1.807) is 6.20 Å². The molecule has 0 radical (unpaired) electrons. The topological polar surface area (TPSA) is 78.1 Å². The third kappa shape index (κ3) is 2.98. The molecule has 6 heteroatoms. The number of hydrogen-bond donors (Lipinski definition) is 0. The molecule has 0 unspecified atom stereocenters. The van der Waals surface area contributed by atoms with Crippen molar-refractivity contribution in [2.45, 2.75) is 13.3 Å². The Hall–Kier alpha value is -2.08. The fourth-order valence-electron chi connectivity index (χ4n) is 1.47.